The minimum absolute atomic E-state index is 0.180. The van der Waals surface area contributed by atoms with Gasteiger partial charge in [-0.1, -0.05) is 24.0 Å². The molecule has 2 heterocycles. The Labute approximate surface area is 200 Å². The number of methoxy groups -OCH3 is 2. The molecule has 0 radical (unpaired) electrons. The van der Waals surface area contributed by atoms with Crippen molar-refractivity contribution in [1.29, 1.82) is 0 Å². The predicted molar refractivity (Wildman–Crippen MR) is 131 cm³/mol. The van der Waals surface area contributed by atoms with Crippen LogP contribution in [0.25, 0.3) is 11.3 Å². The Morgan fingerprint density at radius 3 is 2.62 bits per heavy atom. The summed E-state index contributed by atoms with van der Waals surface area (Å²) in [4.78, 5) is 31.7. The van der Waals surface area contributed by atoms with Gasteiger partial charge in [0.05, 0.1) is 45.3 Å². The molecule has 0 bridgehead atoms. The molecule has 1 aliphatic heterocycles. The molecule has 1 aromatic heterocycles. The van der Waals surface area contributed by atoms with Gasteiger partial charge in [-0.2, -0.15) is 0 Å². The first-order chi connectivity index (χ1) is 15.5. The molecule has 3 rings (SSSR count). The maximum Gasteiger partial charge on any atom is 0.305 e. The van der Waals surface area contributed by atoms with Crippen LogP contribution < -0.4 is 10.1 Å². The van der Waals surface area contributed by atoms with E-state index in [1.165, 1.54) is 30.2 Å². The molecule has 1 fully saturated rings. The average molecular weight is 496 g/mol. The van der Waals surface area contributed by atoms with E-state index in [4.69, 9.17) is 26.4 Å². The molecule has 1 saturated heterocycles. The smallest absolute Gasteiger partial charge is 0.305 e. The van der Waals surface area contributed by atoms with Crippen molar-refractivity contribution in [2.24, 2.45) is 0 Å². The van der Waals surface area contributed by atoms with Crippen molar-refractivity contribution in [3.63, 3.8) is 0 Å². The maximum absolute atomic E-state index is 12.5. The van der Waals surface area contributed by atoms with Crippen molar-refractivity contribution in [2.75, 3.05) is 51.6 Å². The maximum atomic E-state index is 12.5. The van der Waals surface area contributed by atoms with Crippen LogP contribution >= 0.6 is 35.3 Å². The summed E-state index contributed by atoms with van der Waals surface area (Å²) in [6, 6.07) is 7.50. The first-order valence-electron chi connectivity index (χ1n) is 10.0. The zero-order chi connectivity index (χ0) is 22.9. The summed E-state index contributed by atoms with van der Waals surface area (Å²) in [5, 5.41) is 3.34. The average Bonchev–Trinajstić information content (AvgIpc) is 3.23. The normalized spacial score (nSPS) is 13.5. The Hall–Kier alpha value is -2.21. The van der Waals surface area contributed by atoms with E-state index in [1.807, 2.05) is 29.2 Å². The molecule has 1 aromatic carbocycles. The third-order valence-corrected chi connectivity index (χ3v) is 7.24. The Balaban J connectivity index is 1.66. The van der Waals surface area contributed by atoms with Gasteiger partial charge in [0, 0.05) is 23.5 Å². The van der Waals surface area contributed by atoms with Crippen molar-refractivity contribution < 1.29 is 23.8 Å². The number of ether oxygens (including phenoxy) is 3. The van der Waals surface area contributed by atoms with Gasteiger partial charge in [-0.05, 0) is 30.7 Å². The number of thiocarbonyl (C=S) groups is 1. The molecule has 0 aliphatic carbocycles. The number of nitrogens with zero attached hydrogens (tertiary/aromatic N) is 2. The number of anilines is 1. The molecule has 0 spiro atoms. The minimum Gasteiger partial charge on any atom is -0.497 e. The van der Waals surface area contributed by atoms with Crippen LogP contribution in [0.4, 0.5) is 5.13 Å². The highest BCUT2D eigenvalue weighted by atomic mass is 32.2. The van der Waals surface area contributed by atoms with Crippen LogP contribution in [-0.2, 0) is 25.5 Å². The van der Waals surface area contributed by atoms with Crippen molar-refractivity contribution in [3.05, 3.63) is 29.1 Å². The second-order valence-corrected chi connectivity index (χ2v) is 9.49. The van der Waals surface area contributed by atoms with Gasteiger partial charge in [0.15, 0.2) is 5.13 Å². The third-order valence-electron chi connectivity index (χ3n) is 4.69. The third kappa shape index (κ3) is 6.89. The Kier molecular flexibility index (Phi) is 9.27. The number of rotatable bonds is 8. The summed E-state index contributed by atoms with van der Waals surface area (Å²) in [6.07, 6.45) is 0.705. The topological polar surface area (TPSA) is 90.0 Å². The van der Waals surface area contributed by atoms with Crippen LogP contribution in [-0.4, -0.2) is 72.4 Å². The van der Waals surface area contributed by atoms with E-state index >= 15 is 0 Å². The van der Waals surface area contributed by atoms with E-state index in [-0.39, 0.29) is 24.1 Å². The molecule has 2 aromatic rings. The lowest BCUT2D eigenvalue weighted by Crippen LogP contribution is -2.39. The van der Waals surface area contributed by atoms with Crippen molar-refractivity contribution >= 4 is 56.6 Å². The number of thioether (sulfide) groups is 1. The summed E-state index contributed by atoms with van der Waals surface area (Å²) in [5.74, 6) is 0.463. The number of esters is 1. The van der Waals surface area contributed by atoms with Gasteiger partial charge in [-0.15, -0.1) is 11.3 Å². The molecular weight excluding hydrogens is 470 g/mol. The Bertz CT molecular complexity index is 943. The summed E-state index contributed by atoms with van der Waals surface area (Å²) in [7, 11) is 2.97. The number of nitrogens with one attached hydrogen (secondary N) is 1. The molecule has 0 atom stereocenters. The predicted octanol–water partition coefficient (Wildman–Crippen LogP) is 3.21. The number of benzene rings is 1. The van der Waals surface area contributed by atoms with E-state index in [2.05, 4.69) is 10.3 Å². The highest BCUT2D eigenvalue weighted by molar-refractivity contribution is 8.23. The summed E-state index contributed by atoms with van der Waals surface area (Å²) in [5.41, 5.74) is 1.61. The number of aromatic nitrogens is 1. The number of thiazole rings is 1. The van der Waals surface area contributed by atoms with Crippen LogP contribution in [0.1, 0.15) is 11.3 Å². The fourth-order valence-corrected chi connectivity index (χ4v) is 5.04. The van der Waals surface area contributed by atoms with Crippen molar-refractivity contribution in [3.8, 4) is 17.0 Å². The van der Waals surface area contributed by atoms with Gasteiger partial charge in [0.2, 0.25) is 5.91 Å². The molecule has 0 saturated carbocycles. The van der Waals surface area contributed by atoms with Crippen molar-refractivity contribution in [2.45, 2.75) is 12.8 Å². The quantitative estimate of drug-likeness (QED) is 0.438. The van der Waals surface area contributed by atoms with Crippen LogP contribution in [0.3, 0.4) is 0 Å². The zero-order valence-corrected chi connectivity index (χ0v) is 20.4. The van der Waals surface area contributed by atoms with Crippen LogP contribution in [0.2, 0.25) is 0 Å². The molecule has 0 unspecified atom stereocenters. The summed E-state index contributed by atoms with van der Waals surface area (Å²) >= 11 is 8.11. The van der Waals surface area contributed by atoms with E-state index in [1.54, 1.807) is 7.11 Å². The number of hydrogen-bond acceptors (Lipinski definition) is 9. The zero-order valence-electron chi connectivity index (χ0n) is 17.9. The fraction of sp³-hybridized carbons (Fsp3) is 0.429. The molecule has 1 N–H and O–H groups in total. The first-order valence-corrected chi connectivity index (χ1v) is 12.2. The molecular formula is C21H25N3O5S3. The van der Waals surface area contributed by atoms with E-state index < -0.39 is 0 Å². The number of carbonyl (C=O) groups is 2. The number of carbonyl (C=O) groups excluding carboxylic acids is 2. The second kappa shape index (κ2) is 12.1. The van der Waals surface area contributed by atoms with E-state index in [0.717, 1.165) is 35.0 Å². The number of morpholine rings is 1. The lowest BCUT2D eigenvalue weighted by molar-refractivity contribution is -0.140. The van der Waals surface area contributed by atoms with Gasteiger partial charge in [-0.25, -0.2) is 4.98 Å². The summed E-state index contributed by atoms with van der Waals surface area (Å²) < 4.78 is 16.0. The molecule has 1 aliphatic rings. The molecule has 32 heavy (non-hydrogen) atoms. The largest absolute Gasteiger partial charge is 0.497 e. The van der Waals surface area contributed by atoms with Gasteiger partial charge in [-0.3, -0.25) is 9.59 Å². The lowest BCUT2D eigenvalue weighted by Gasteiger charge is -2.28. The number of aryl methyl sites for hydroxylation is 1. The van der Waals surface area contributed by atoms with Crippen molar-refractivity contribution in [1.82, 2.24) is 9.88 Å². The van der Waals surface area contributed by atoms with E-state index in [9.17, 15) is 9.59 Å². The highest BCUT2D eigenvalue weighted by Crippen LogP contribution is 2.33. The molecule has 8 nitrogen and oxygen atoms in total. The molecule has 1 amide bonds. The lowest BCUT2D eigenvalue weighted by atomic mass is 10.1. The Morgan fingerprint density at radius 2 is 1.97 bits per heavy atom. The highest BCUT2D eigenvalue weighted by Gasteiger charge is 2.18. The second-order valence-electron chi connectivity index (χ2n) is 6.80. The van der Waals surface area contributed by atoms with Gasteiger partial charge in [0.1, 0.15) is 10.1 Å². The molecule has 11 heteroatoms. The number of amides is 1. The van der Waals surface area contributed by atoms with Crippen LogP contribution in [0, 0.1) is 0 Å². The summed E-state index contributed by atoms with van der Waals surface area (Å²) in [6.45, 7) is 2.78. The SMILES string of the molecule is COC(=O)CCc1sc(NC(=O)CSC(=S)N2CCOCC2)nc1-c1ccc(OC)cc1. The van der Waals surface area contributed by atoms with Crippen LogP contribution in [0.5, 0.6) is 5.75 Å². The minimum atomic E-state index is -0.294. The fourth-order valence-electron chi connectivity index (χ4n) is 2.99. The first kappa shape index (κ1) is 24.4. The Morgan fingerprint density at radius 1 is 1.25 bits per heavy atom. The van der Waals surface area contributed by atoms with Gasteiger partial charge in [0.25, 0.3) is 0 Å². The molecule has 172 valence electrons. The standard InChI is InChI=1S/C21H25N3O5S3/c1-27-15-5-3-14(4-6-15)19-16(7-8-18(26)28-2)32-20(23-19)22-17(25)13-31-21(30)24-9-11-29-12-10-24/h3-6H,7-13H2,1-2H3,(H,22,23,25). The van der Waals surface area contributed by atoms with Crippen LogP contribution in [0.15, 0.2) is 24.3 Å². The monoisotopic (exact) mass is 495 g/mol. The van der Waals surface area contributed by atoms with Gasteiger partial charge < -0.3 is 24.4 Å². The number of hydrogen-bond donors (Lipinski definition) is 1. The van der Waals surface area contributed by atoms with E-state index in [0.29, 0.717) is 29.1 Å². The van der Waals surface area contributed by atoms with Gasteiger partial charge >= 0.3 is 5.97 Å².